The van der Waals surface area contributed by atoms with Crippen molar-refractivity contribution in [1.82, 2.24) is 9.47 Å². The summed E-state index contributed by atoms with van der Waals surface area (Å²) < 4.78 is 66.7. The van der Waals surface area contributed by atoms with E-state index in [-0.39, 0.29) is 11.3 Å². The molecule has 28 heavy (non-hydrogen) atoms. The Bertz CT molecular complexity index is 1060. The minimum absolute atomic E-state index is 0.149. The molecule has 10 heteroatoms. The van der Waals surface area contributed by atoms with Crippen molar-refractivity contribution in [2.45, 2.75) is 24.9 Å². The Morgan fingerprint density at radius 1 is 1.14 bits per heavy atom. The van der Waals surface area contributed by atoms with Gasteiger partial charge in [0.25, 0.3) is 5.56 Å². The van der Waals surface area contributed by atoms with Crippen LogP contribution in [-0.2, 0) is 16.7 Å². The number of rotatable bonds is 4. The molecule has 3 saturated heterocycles. The number of benzene rings is 1. The Labute approximate surface area is 159 Å². The highest BCUT2D eigenvalue weighted by atomic mass is 32.2. The number of halogens is 3. The van der Waals surface area contributed by atoms with Crippen LogP contribution in [0.5, 0.6) is 5.75 Å². The molecule has 1 aromatic heterocycles. The van der Waals surface area contributed by atoms with E-state index in [0.29, 0.717) is 18.0 Å². The van der Waals surface area contributed by atoms with Crippen molar-refractivity contribution >= 4 is 21.0 Å². The zero-order valence-corrected chi connectivity index (χ0v) is 15.7. The lowest BCUT2D eigenvalue weighted by molar-refractivity contribution is -0.0499. The Morgan fingerprint density at radius 3 is 2.43 bits per heavy atom. The second kappa shape index (κ2) is 6.77. The van der Waals surface area contributed by atoms with Crippen LogP contribution >= 0.6 is 0 Å². The van der Waals surface area contributed by atoms with E-state index in [1.54, 1.807) is 18.2 Å². The maximum atomic E-state index is 12.7. The fourth-order valence-corrected chi connectivity index (χ4v) is 4.72. The van der Waals surface area contributed by atoms with Crippen LogP contribution in [0.4, 0.5) is 13.2 Å². The fourth-order valence-electron chi connectivity index (χ4n) is 4.26. The topological polar surface area (TPSA) is 68.6 Å². The molecule has 0 spiro atoms. The van der Waals surface area contributed by atoms with Crippen LogP contribution in [-0.4, -0.2) is 43.0 Å². The molecule has 1 unspecified atom stereocenters. The molecule has 0 saturated carbocycles. The van der Waals surface area contributed by atoms with E-state index in [2.05, 4.69) is 9.08 Å². The number of nitrogens with zero attached hydrogens (tertiary/aromatic N) is 2. The van der Waals surface area contributed by atoms with Gasteiger partial charge in [-0.1, -0.05) is 12.1 Å². The van der Waals surface area contributed by atoms with Gasteiger partial charge in [-0.05, 0) is 49.9 Å². The van der Waals surface area contributed by atoms with Crippen LogP contribution in [0, 0.1) is 11.8 Å². The van der Waals surface area contributed by atoms with Crippen LogP contribution in [0.3, 0.4) is 0 Å². The lowest BCUT2D eigenvalue weighted by Gasteiger charge is -2.45. The number of pyridine rings is 1. The summed E-state index contributed by atoms with van der Waals surface area (Å²) in [6.45, 7) is 3.43. The average Bonchev–Trinajstić information content (AvgIpc) is 2.65. The van der Waals surface area contributed by atoms with Crippen molar-refractivity contribution < 1.29 is 25.8 Å². The molecule has 0 radical (unpaired) electrons. The Morgan fingerprint density at radius 2 is 1.82 bits per heavy atom. The van der Waals surface area contributed by atoms with Gasteiger partial charge in [-0.25, -0.2) is 0 Å². The molecule has 6 nitrogen and oxygen atoms in total. The summed E-state index contributed by atoms with van der Waals surface area (Å²) in [6, 6.07) is 7.07. The van der Waals surface area contributed by atoms with Crippen LogP contribution < -0.4 is 9.74 Å². The van der Waals surface area contributed by atoms with Crippen LogP contribution in [0.15, 0.2) is 35.1 Å². The summed E-state index contributed by atoms with van der Waals surface area (Å²) in [5.74, 6) is 0.176. The molecule has 5 rings (SSSR count). The fraction of sp³-hybridized carbons (Fsp3) is 0.500. The van der Waals surface area contributed by atoms with Crippen molar-refractivity contribution in [2.24, 2.45) is 11.8 Å². The van der Waals surface area contributed by atoms with Crippen molar-refractivity contribution in [2.75, 3.05) is 19.6 Å². The van der Waals surface area contributed by atoms with Crippen molar-refractivity contribution in [3.8, 4) is 5.75 Å². The lowest BCUT2D eigenvalue weighted by atomic mass is 9.79. The first-order chi connectivity index (χ1) is 13.2. The monoisotopic (exact) mass is 416 g/mol. The Balaban J connectivity index is 1.74. The number of aromatic nitrogens is 1. The van der Waals surface area contributed by atoms with E-state index >= 15 is 0 Å². The summed E-state index contributed by atoms with van der Waals surface area (Å²) >= 11 is 0. The van der Waals surface area contributed by atoms with E-state index in [1.807, 2.05) is 0 Å². The molecule has 2 aromatic rings. The van der Waals surface area contributed by atoms with Crippen molar-refractivity contribution in [1.29, 1.82) is 0 Å². The van der Waals surface area contributed by atoms with Gasteiger partial charge in [-0.3, -0.25) is 4.79 Å². The molecule has 3 aliphatic heterocycles. The third-order valence-corrected chi connectivity index (χ3v) is 6.64. The van der Waals surface area contributed by atoms with Gasteiger partial charge in [-0.15, -0.1) is 0 Å². The first-order valence-electron chi connectivity index (χ1n) is 9.01. The third kappa shape index (κ3) is 3.39. The smallest absolute Gasteiger partial charge is 0.375 e. The summed E-state index contributed by atoms with van der Waals surface area (Å²) in [5, 5.41) is 0.149. The standard InChI is InChI=1S/C18H19F3N2O4S/c19-18(20,21)28(25,26)27-16-9-17(24)23(15-4-2-1-3-14(15)16)11-13-10-22-7-5-12(13)6-8-22/h1-4,9,12-13H,5-8,10-11H2. The Kier molecular flexibility index (Phi) is 4.65. The summed E-state index contributed by atoms with van der Waals surface area (Å²) in [7, 11) is -5.86. The van der Waals surface area contributed by atoms with Gasteiger partial charge in [0, 0.05) is 24.5 Å². The van der Waals surface area contributed by atoms with Gasteiger partial charge >= 0.3 is 15.6 Å². The summed E-state index contributed by atoms with van der Waals surface area (Å²) in [5.41, 5.74) is -5.79. The molecule has 1 atom stereocenters. The zero-order valence-electron chi connectivity index (χ0n) is 14.9. The Hall–Kier alpha value is -2.07. The maximum Gasteiger partial charge on any atom is 0.534 e. The first kappa shape index (κ1) is 19.3. The zero-order chi connectivity index (χ0) is 20.1. The molecule has 3 aliphatic rings. The van der Waals surface area contributed by atoms with Crippen LogP contribution in [0.1, 0.15) is 12.8 Å². The number of hydrogen-bond donors (Lipinski definition) is 0. The summed E-state index contributed by atoms with van der Waals surface area (Å²) in [4.78, 5) is 15.0. The molecule has 152 valence electrons. The SMILES string of the molecule is O=c1cc(OS(=O)(=O)C(F)(F)F)c2ccccc2n1CC1CN2CCC1CC2. The number of piperidine rings is 3. The minimum atomic E-state index is -5.86. The molecule has 1 aromatic carbocycles. The molecular formula is C18H19F3N2O4S. The molecule has 3 fully saturated rings. The highest BCUT2D eigenvalue weighted by molar-refractivity contribution is 7.88. The highest BCUT2D eigenvalue weighted by Gasteiger charge is 2.48. The van der Waals surface area contributed by atoms with E-state index in [9.17, 15) is 26.4 Å². The van der Waals surface area contributed by atoms with Crippen LogP contribution in [0.25, 0.3) is 10.9 Å². The highest BCUT2D eigenvalue weighted by Crippen LogP contribution is 2.35. The molecule has 2 bridgehead atoms. The largest absolute Gasteiger partial charge is 0.534 e. The van der Waals surface area contributed by atoms with Crippen molar-refractivity contribution in [3.05, 3.63) is 40.7 Å². The maximum absolute atomic E-state index is 12.7. The molecule has 0 amide bonds. The molecule has 4 heterocycles. The van der Waals surface area contributed by atoms with E-state index < -0.39 is 26.9 Å². The van der Waals surface area contributed by atoms with E-state index in [4.69, 9.17) is 0 Å². The predicted molar refractivity (Wildman–Crippen MR) is 96.5 cm³/mol. The first-order valence-corrected chi connectivity index (χ1v) is 10.4. The van der Waals surface area contributed by atoms with Gasteiger partial charge in [0.15, 0.2) is 5.75 Å². The van der Waals surface area contributed by atoms with Gasteiger partial charge in [0.05, 0.1) is 5.52 Å². The summed E-state index contributed by atoms with van der Waals surface area (Å²) in [6.07, 6.45) is 2.14. The normalized spacial score (nSPS) is 25.2. The number of para-hydroxylation sites is 1. The minimum Gasteiger partial charge on any atom is -0.375 e. The van der Waals surface area contributed by atoms with E-state index in [1.165, 1.54) is 10.6 Å². The second-order valence-electron chi connectivity index (χ2n) is 7.36. The van der Waals surface area contributed by atoms with Gasteiger partial charge in [0.2, 0.25) is 0 Å². The van der Waals surface area contributed by atoms with Gasteiger partial charge < -0.3 is 13.7 Å². The predicted octanol–water partition coefficient (Wildman–Crippen LogP) is 2.57. The molecular weight excluding hydrogens is 397 g/mol. The quantitative estimate of drug-likeness (QED) is 0.566. The lowest BCUT2D eigenvalue weighted by Crippen LogP contribution is -2.49. The second-order valence-corrected chi connectivity index (χ2v) is 8.89. The third-order valence-electron chi connectivity index (χ3n) is 5.67. The number of hydrogen-bond acceptors (Lipinski definition) is 5. The van der Waals surface area contributed by atoms with Gasteiger partial charge in [-0.2, -0.15) is 21.6 Å². The van der Waals surface area contributed by atoms with Gasteiger partial charge in [0.1, 0.15) is 0 Å². The molecule has 0 aliphatic carbocycles. The van der Waals surface area contributed by atoms with Crippen LogP contribution in [0.2, 0.25) is 0 Å². The number of alkyl halides is 3. The number of fused-ring (bicyclic) bond motifs is 4. The van der Waals surface area contributed by atoms with Crippen molar-refractivity contribution in [3.63, 3.8) is 0 Å². The van der Waals surface area contributed by atoms with E-state index in [0.717, 1.165) is 38.5 Å². The molecule has 0 N–H and O–H groups in total. The average molecular weight is 416 g/mol.